The van der Waals surface area contributed by atoms with Gasteiger partial charge in [-0.25, -0.2) is 4.57 Å². The van der Waals surface area contributed by atoms with Crippen LogP contribution in [0.15, 0.2) is 0 Å². The van der Waals surface area contributed by atoms with Crippen molar-refractivity contribution in [3.05, 3.63) is 0 Å². The van der Waals surface area contributed by atoms with Crippen LogP contribution in [0.25, 0.3) is 0 Å². The molecule has 6 N–H and O–H groups in total. The van der Waals surface area contributed by atoms with Gasteiger partial charge in [-0.15, -0.1) is 0 Å². The van der Waals surface area contributed by atoms with Gasteiger partial charge in [0.05, 0.1) is 0 Å². The van der Waals surface area contributed by atoms with E-state index >= 15 is 0 Å². The van der Waals surface area contributed by atoms with E-state index in [-0.39, 0.29) is 5.48 Å². The predicted molar refractivity (Wildman–Crippen MR) is 94.5 cm³/mol. The highest BCUT2D eigenvalue weighted by Gasteiger charge is 2.50. The zero-order valence-electron chi connectivity index (χ0n) is 13.7. The summed E-state index contributed by atoms with van der Waals surface area (Å²) in [6.07, 6.45) is 8.82. The second-order valence-electron chi connectivity index (χ2n) is 7.67. The summed E-state index contributed by atoms with van der Waals surface area (Å²) >= 11 is 0.720. The Kier molecular flexibility index (Phi) is 7.00. The molecule has 4 fully saturated rings. The normalized spacial score (nSPS) is 35.3. The third kappa shape index (κ3) is 5.70. The average molecular weight is 366 g/mol. The zero-order chi connectivity index (χ0) is 15.6. The van der Waals surface area contributed by atoms with Crippen molar-refractivity contribution in [1.82, 2.24) is 10.6 Å². The van der Waals surface area contributed by atoms with Gasteiger partial charge in [0.2, 0.25) is 0 Å². The summed E-state index contributed by atoms with van der Waals surface area (Å²) in [5.74, 6) is 3.49. The van der Waals surface area contributed by atoms with Crippen LogP contribution in [-0.4, -0.2) is 47.2 Å². The Morgan fingerprint density at radius 1 is 0.957 bits per heavy atom. The minimum Gasteiger partial charge on any atom is -0.412 e. The van der Waals surface area contributed by atoms with Crippen molar-refractivity contribution < 1.29 is 19.8 Å². The van der Waals surface area contributed by atoms with E-state index in [0.717, 1.165) is 48.8 Å². The Morgan fingerprint density at radius 3 is 2.00 bits per heavy atom. The van der Waals surface area contributed by atoms with E-state index in [4.69, 9.17) is 9.79 Å². The fraction of sp³-hybridized carbons (Fsp3) is 1.00. The van der Waals surface area contributed by atoms with Gasteiger partial charge in [0.1, 0.15) is 0 Å². The molecular formula is C15H31N2O4PS. The second-order valence-corrected chi connectivity index (χ2v) is 11.5. The molecule has 0 spiro atoms. The number of hydrogen-bond donors (Lipinski definition) is 4. The van der Waals surface area contributed by atoms with Crippen LogP contribution in [0.2, 0.25) is 0 Å². The largest absolute Gasteiger partial charge is 0.412 e. The van der Waals surface area contributed by atoms with Crippen molar-refractivity contribution >= 4 is 18.2 Å². The monoisotopic (exact) mass is 366 g/mol. The van der Waals surface area contributed by atoms with Crippen molar-refractivity contribution in [2.45, 2.75) is 38.5 Å². The number of rotatable bonds is 9. The smallest absolute Gasteiger partial charge is 0.384 e. The molecule has 4 aliphatic rings. The minimum absolute atomic E-state index is 0. The number of hydrogen-bond acceptors (Lipinski definition) is 4. The maximum atomic E-state index is 10.7. The third-order valence-electron chi connectivity index (χ3n) is 5.68. The van der Waals surface area contributed by atoms with Crippen molar-refractivity contribution in [3.8, 4) is 0 Å². The summed E-state index contributed by atoms with van der Waals surface area (Å²) in [5.41, 5.74) is 0.588. The molecule has 0 aromatic carbocycles. The van der Waals surface area contributed by atoms with E-state index < -0.39 is 6.80 Å². The Morgan fingerprint density at radius 2 is 1.48 bits per heavy atom. The summed E-state index contributed by atoms with van der Waals surface area (Å²) in [5, 5.41) is 6.87. The molecule has 0 heterocycles. The first-order valence-corrected chi connectivity index (χ1v) is 11.8. The molecule has 0 aliphatic heterocycles. The first kappa shape index (κ1) is 19.7. The maximum Gasteiger partial charge on any atom is 0.384 e. The molecule has 0 saturated heterocycles. The first-order valence-electron chi connectivity index (χ1n) is 8.56. The highest BCUT2D eigenvalue weighted by molar-refractivity contribution is 8.54. The van der Waals surface area contributed by atoms with Gasteiger partial charge in [-0.05, 0) is 73.1 Å². The second kappa shape index (κ2) is 8.17. The number of nitrogens with one attached hydrogen (secondary N) is 2. The molecule has 8 heteroatoms. The molecule has 4 saturated carbocycles. The van der Waals surface area contributed by atoms with Crippen LogP contribution >= 0.6 is 18.2 Å². The molecule has 23 heavy (non-hydrogen) atoms. The molecule has 0 amide bonds. The van der Waals surface area contributed by atoms with E-state index in [1.165, 1.54) is 38.5 Å². The lowest BCUT2D eigenvalue weighted by Crippen LogP contribution is -2.50. The third-order valence-corrected chi connectivity index (χ3v) is 7.96. The topological polar surface area (TPSA) is 113 Å². The molecule has 6 nitrogen and oxygen atoms in total. The Bertz CT molecular complexity index is 396. The molecule has 4 bridgehead atoms. The van der Waals surface area contributed by atoms with Crippen LogP contribution in [0.1, 0.15) is 38.5 Å². The van der Waals surface area contributed by atoms with Gasteiger partial charge in [-0.3, -0.25) is 0 Å². The van der Waals surface area contributed by atoms with Crippen LogP contribution in [0, 0.1) is 23.2 Å². The molecule has 0 atom stereocenters. The van der Waals surface area contributed by atoms with Gasteiger partial charge in [0.15, 0.2) is 0 Å². The SMILES string of the molecule is O.O=P(O)(O)SCCNCCNCC12CC3CC(CC(C3)C1)C2. The fourth-order valence-electron chi connectivity index (χ4n) is 5.40. The Hall–Kier alpha value is 0.380. The summed E-state index contributed by atoms with van der Waals surface area (Å²) < 4.78 is 10.7. The van der Waals surface area contributed by atoms with Crippen molar-refractivity contribution in [1.29, 1.82) is 0 Å². The van der Waals surface area contributed by atoms with Crippen LogP contribution in [-0.2, 0) is 4.57 Å². The van der Waals surface area contributed by atoms with Crippen LogP contribution < -0.4 is 10.6 Å². The Labute approximate surface area is 142 Å². The first-order chi connectivity index (χ1) is 10.4. The van der Waals surface area contributed by atoms with E-state index in [9.17, 15) is 4.57 Å². The molecule has 4 rings (SSSR count). The molecule has 0 unspecified atom stereocenters. The quantitative estimate of drug-likeness (QED) is 0.362. The summed E-state index contributed by atoms with van der Waals surface area (Å²) in [6, 6.07) is 0. The van der Waals surface area contributed by atoms with Gasteiger partial charge in [-0.1, -0.05) is 0 Å². The fourth-order valence-corrected chi connectivity index (χ4v) is 6.86. The van der Waals surface area contributed by atoms with Gasteiger partial charge >= 0.3 is 6.80 Å². The molecule has 0 radical (unpaired) electrons. The lowest BCUT2D eigenvalue weighted by molar-refractivity contribution is -0.0511. The summed E-state index contributed by atoms with van der Waals surface area (Å²) in [6.45, 7) is -0.273. The standard InChI is InChI=1S/C15H29N2O3PS.H2O/c18-21(19,20)22-4-3-16-1-2-17-11-15-8-12-5-13(9-15)7-14(6-12)10-15;/h12-14,16-17H,1-11H2,(H2,18,19,20);1H2. The average Bonchev–Trinajstić information content (AvgIpc) is 2.39. The lowest BCUT2D eigenvalue weighted by Gasteiger charge is -2.57. The molecule has 0 aromatic heterocycles. The Balaban J connectivity index is 0.00000192. The van der Waals surface area contributed by atoms with Crippen LogP contribution in [0.4, 0.5) is 0 Å². The molecule has 136 valence electrons. The van der Waals surface area contributed by atoms with Crippen molar-refractivity contribution in [2.24, 2.45) is 23.2 Å². The van der Waals surface area contributed by atoms with Gasteiger partial charge < -0.3 is 25.9 Å². The lowest BCUT2D eigenvalue weighted by atomic mass is 9.49. The van der Waals surface area contributed by atoms with E-state index in [1.54, 1.807) is 0 Å². The van der Waals surface area contributed by atoms with Gasteiger partial charge in [0, 0.05) is 31.9 Å². The van der Waals surface area contributed by atoms with E-state index in [1.807, 2.05) is 0 Å². The highest BCUT2D eigenvalue weighted by atomic mass is 32.7. The summed E-state index contributed by atoms with van der Waals surface area (Å²) in [7, 11) is 0. The van der Waals surface area contributed by atoms with Crippen molar-refractivity contribution in [3.63, 3.8) is 0 Å². The van der Waals surface area contributed by atoms with Gasteiger partial charge in [-0.2, -0.15) is 0 Å². The van der Waals surface area contributed by atoms with Crippen LogP contribution in [0.3, 0.4) is 0 Å². The molecule has 4 aliphatic carbocycles. The van der Waals surface area contributed by atoms with Crippen LogP contribution in [0.5, 0.6) is 0 Å². The van der Waals surface area contributed by atoms with Crippen molar-refractivity contribution in [2.75, 3.05) is 31.9 Å². The maximum absolute atomic E-state index is 10.7. The highest BCUT2D eigenvalue weighted by Crippen LogP contribution is 2.59. The minimum atomic E-state index is -3.90. The zero-order valence-corrected chi connectivity index (χ0v) is 15.4. The molecular weight excluding hydrogens is 335 g/mol. The summed E-state index contributed by atoms with van der Waals surface area (Å²) in [4.78, 5) is 17.5. The molecule has 0 aromatic rings. The predicted octanol–water partition coefficient (Wildman–Crippen LogP) is 1.38. The van der Waals surface area contributed by atoms with E-state index in [0.29, 0.717) is 17.7 Å². The van der Waals surface area contributed by atoms with Gasteiger partial charge in [0.25, 0.3) is 0 Å². The van der Waals surface area contributed by atoms with E-state index in [2.05, 4.69) is 10.6 Å².